The fraction of sp³-hybridized carbons (Fsp3) is 0.632. The highest BCUT2D eigenvalue weighted by Gasteiger charge is 2.18. The number of rotatable bonds is 10. The van der Waals surface area contributed by atoms with Crippen LogP contribution in [0.2, 0.25) is 0 Å². The predicted octanol–water partition coefficient (Wildman–Crippen LogP) is 2.27. The molecule has 0 saturated carbocycles. The molecule has 0 heterocycles. The molecule has 0 aliphatic carbocycles. The van der Waals surface area contributed by atoms with Crippen molar-refractivity contribution in [2.24, 2.45) is 4.99 Å². The number of nitrogens with zero attached hydrogens (tertiary/aromatic N) is 2. The van der Waals surface area contributed by atoms with Crippen molar-refractivity contribution < 1.29 is 12.8 Å². The summed E-state index contributed by atoms with van der Waals surface area (Å²) in [5.41, 5.74) is 0. The van der Waals surface area contributed by atoms with Gasteiger partial charge in [0.1, 0.15) is 10.7 Å². The summed E-state index contributed by atoms with van der Waals surface area (Å²) in [6, 6.07) is 6.30. The van der Waals surface area contributed by atoms with E-state index in [0.717, 1.165) is 12.6 Å². The van der Waals surface area contributed by atoms with Gasteiger partial charge >= 0.3 is 0 Å². The van der Waals surface area contributed by atoms with Crippen molar-refractivity contribution in [3.63, 3.8) is 0 Å². The van der Waals surface area contributed by atoms with Crippen LogP contribution in [0, 0.1) is 5.82 Å². The lowest BCUT2D eigenvalue weighted by atomic mass is 10.2. The Balaban J connectivity index is 2.63. The Hall–Kier alpha value is -1.67. The number of halogens is 1. The maximum Gasteiger partial charge on any atom is 0.191 e. The third-order valence-corrected chi connectivity index (χ3v) is 5.88. The van der Waals surface area contributed by atoms with Crippen LogP contribution in [0.5, 0.6) is 0 Å². The molecule has 6 nitrogen and oxygen atoms in total. The normalized spacial score (nSPS) is 12.9. The Bertz CT molecular complexity index is 697. The van der Waals surface area contributed by atoms with Gasteiger partial charge in [-0.25, -0.2) is 12.8 Å². The number of hydrogen-bond acceptors (Lipinski definition) is 4. The Kier molecular flexibility index (Phi) is 9.73. The first-order valence-electron chi connectivity index (χ1n) is 9.44. The molecular weight excluding hydrogens is 367 g/mol. The van der Waals surface area contributed by atoms with Crippen LogP contribution in [0.1, 0.15) is 34.6 Å². The van der Waals surface area contributed by atoms with E-state index in [4.69, 9.17) is 0 Å². The number of nitrogens with one attached hydrogen (secondary N) is 2. The summed E-state index contributed by atoms with van der Waals surface area (Å²) < 4.78 is 38.3. The summed E-state index contributed by atoms with van der Waals surface area (Å²) in [7, 11) is -3.69. The van der Waals surface area contributed by atoms with Gasteiger partial charge in [-0.2, -0.15) is 0 Å². The molecule has 0 spiro atoms. The summed E-state index contributed by atoms with van der Waals surface area (Å²) in [5, 5.41) is 6.12. The second kappa shape index (κ2) is 11.2. The van der Waals surface area contributed by atoms with Crippen molar-refractivity contribution in [3.05, 3.63) is 30.1 Å². The van der Waals surface area contributed by atoms with Gasteiger partial charge in [0.25, 0.3) is 0 Å². The van der Waals surface area contributed by atoms with E-state index < -0.39 is 15.7 Å². The van der Waals surface area contributed by atoms with Crippen LogP contribution >= 0.6 is 0 Å². The smallest absolute Gasteiger partial charge is 0.191 e. The van der Waals surface area contributed by atoms with E-state index in [-0.39, 0.29) is 17.2 Å². The van der Waals surface area contributed by atoms with Gasteiger partial charge in [0.15, 0.2) is 15.8 Å². The standard InChI is InChI=1S/C19H33FN4O2S/c1-6-21-19(22-11-13-24(15(2)3)16(4)5)23-12-14-27(25,26)18-10-8-7-9-17(18)20/h7-10,15-16H,6,11-14H2,1-5H3,(H2,21,22,23). The summed E-state index contributed by atoms with van der Waals surface area (Å²) in [6.45, 7) is 12.8. The molecule has 0 atom stereocenters. The number of sulfone groups is 1. The van der Waals surface area contributed by atoms with E-state index in [1.807, 2.05) is 6.92 Å². The maximum absolute atomic E-state index is 13.7. The fourth-order valence-electron chi connectivity index (χ4n) is 2.84. The molecule has 2 N–H and O–H groups in total. The molecule has 0 aliphatic heterocycles. The van der Waals surface area contributed by atoms with Crippen LogP contribution in [-0.2, 0) is 9.84 Å². The van der Waals surface area contributed by atoms with Crippen LogP contribution in [-0.4, -0.2) is 63.3 Å². The van der Waals surface area contributed by atoms with Gasteiger partial charge in [0.05, 0.1) is 12.3 Å². The average molecular weight is 401 g/mol. The van der Waals surface area contributed by atoms with Crippen LogP contribution < -0.4 is 10.6 Å². The molecule has 27 heavy (non-hydrogen) atoms. The zero-order chi connectivity index (χ0) is 20.4. The minimum absolute atomic E-state index is 0.153. The van der Waals surface area contributed by atoms with Crippen molar-refractivity contribution in [2.45, 2.75) is 51.6 Å². The minimum Gasteiger partial charge on any atom is -0.357 e. The molecule has 0 aliphatic rings. The van der Waals surface area contributed by atoms with Crippen molar-refractivity contribution in [1.82, 2.24) is 15.5 Å². The molecule has 1 aromatic carbocycles. The molecular formula is C19H33FN4O2S. The molecule has 1 aromatic rings. The van der Waals surface area contributed by atoms with Gasteiger partial charge in [-0.15, -0.1) is 0 Å². The maximum atomic E-state index is 13.7. The quantitative estimate of drug-likeness (QED) is 0.466. The number of guanidine groups is 1. The zero-order valence-corrected chi connectivity index (χ0v) is 17.8. The van der Waals surface area contributed by atoms with Gasteiger partial charge in [-0.3, -0.25) is 9.89 Å². The Morgan fingerprint density at radius 2 is 1.78 bits per heavy atom. The Morgan fingerprint density at radius 1 is 1.15 bits per heavy atom. The van der Waals surface area contributed by atoms with Crippen molar-refractivity contribution in [2.75, 3.05) is 31.9 Å². The van der Waals surface area contributed by atoms with E-state index in [1.165, 1.54) is 18.2 Å². The van der Waals surface area contributed by atoms with E-state index in [0.29, 0.717) is 31.1 Å². The molecule has 0 bridgehead atoms. The molecule has 8 heteroatoms. The monoisotopic (exact) mass is 400 g/mol. The molecule has 1 rings (SSSR count). The van der Waals surface area contributed by atoms with Gasteiger partial charge < -0.3 is 10.6 Å². The Labute approximate surface area is 163 Å². The molecule has 0 aromatic heterocycles. The van der Waals surface area contributed by atoms with Gasteiger partial charge in [0, 0.05) is 31.7 Å². The number of aliphatic imine (C=N–C) groups is 1. The molecule has 0 amide bonds. The van der Waals surface area contributed by atoms with Crippen LogP contribution in [0.15, 0.2) is 34.2 Å². The summed E-state index contributed by atoms with van der Waals surface area (Å²) in [5.74, 6) is -0.364. The topological polar surface area (TPSA) is 73.8 Å². The molecule has 154 valence electrons. The molecule has 0 fully saturated rings. The lowest BCUT2D eigenvalue weighted by Gasteiger charge is -2.29. The van der Waals surface area contributed by atoms with Crippen LogP contribution in [0.3, 0.4) is 0 Å². The van der Waals surface area contributed by atoms with E-state index in [9.17, 15) is 12.8 Å². The second-order valence-corrected chi connectivity index (χ2v) is 8.94. The van der Waals surface area contributed by atoms with E-state index in [2.05, 4.69) is 48.2 Å². The highest BCUT2D eigenvalue weighted by atomic mass is 32.2. The van der Waals surface area contributed by atoms with Gasteiger partial charge in [0.2, 0.25) is 0 Å². The number of hydrogen-bond donors (Lipinski definition) is 2. The SMILES string of the molecule is CCNC(=NCCN(C(C)C)C(C)C)NCCS(=O)(=O)c1ccccc1F. The van der Waals surface area contributed by atoms with Crippen molar-refractivity contribution in [1.29, 1.82) is 0 Å². The van der Waals surface area contributed by atoms with Gasteiger partial charge in [-0.05, 0) is 46.8 Å². The lowest BCUT2D eigenvalue weighted by molar-refractivity contribution is 0.181. The van der Waals surface area contributed by atoms with Crippen molar-refractivity contribution in [3.8, 4) is 0 Å². The third kappa shape index (κ3) is 7.84. The molecule has 0 unspecified atom stereocenters. The van der Waals surface area contributed by atoms with Gasteiger partial charge in [-0.1, -0.05) is 12.1 Å². The Morgan fingerprint density at radius 3 is 2.33 bits per heavy atom. The highest BCUT2D eigenvalue weighted by molar-refractivity contribution is 7.91. The van der Waals surface area contributed by atoms with Crippen LogP contribution in [0.4, 0.5) is 4.39 Å². The first kappa shape index (κ1) is 23.4. The van der Waals surface area contributed by atoms with Crippen LogP contribution in [0.25, 0.3) is 0 Å². The average Bonchev–Trinajstić information content (AvgIpc) is 2.58. The summed E-state index contributed by atoms with van der Waals surface area (Å²) in [6.07, 6.45) is 0. The minimum atomic E-state index is -3.69. The predicted molar refractivity (Wildman–Crippen MR) is 109 cm³/mol. The highest BCUT2D eigenvalue weighted by Crippen LogP contribution is 2.14. The third-order valence-electron chi connectivity index (χ3n) is 4.13. The first-order valence-corrected chi connectivity index (χ1v) is 11.1. The zero-order valence-electron chi connectivity index (χ0n) is 17.0. The molecule has 0 saturated heterocycles. The summed E-state index contributed by atoms with van der Waals surface area (Å²) in [4.78, 5) is 6.59. The fourth-order valence-corrected chi connectivity index (χ4v) is 4.08. The number of benzene rings is 1. The largest absolute Gasteiger partial charge is 0.357 e. The van der Waals surface area contributed by atoms with Crippen molar-refractivity contribution >= 4 is 15.8 Å². The van der Waals surface area contributed by atoms with E-state index in [1.54, 1.807) is 0 Å². The van der Waals surface area contributed by atoms with E-state index >= 15 is 0 Å². The lowest BCUT2D eigenvalue weighted by Crippen LogP contribution is -2.41. The first-order chi connectivity index (χ1) is 12.7. The summed E-state index contributed by atoms with van der Waals surface area (Å²) >= 11 is 0. The second-order valence-electron chi connectivity index (χ2n) is 6.86. The molecule has 0 radical (unpaired) electrons.